The van der Waals surface area contributed by atoms with Crippen molar-refractivity contribution in [3.05, 3.63) is 0 Å². The van der Waals surface area contributed by atoms with Crippen LogP contribution in [0, 0.1) is 5.92 Å². The Bertz CT molecular complexity index is 251. The maximum absolute atomic E-state index is 11.7. The van der Waals surface area contributed by atoms with Crippen molar-refractivity contribution >= 4 is 18.3 Å². The van der Waals surface area contributed by atoms with Crippen molar-refractivity contribution in [2.75, 3.05) is 20.3 Å². The number of halogens is 1. The van der Waals surface area contributed by atoms with Gasteiger partial charge in [-0.05, 0) is 18.8 Å². The van der Waals surface area contributed by atoms with E-state index in [0.29, 0.717) is 12.5 Å². The van der Waals surface area contributed by atoms with Gasteiger partial charge in [0, 0.05) is 19.8 Å². The lowest BCUT2D eigenvalue weighted by atomic mass is 9.95. The number of hydrogen-bond acceptors (Lipinski definition) is 4. The number of nitrogens with two attached hydrogens (primary N) is 1. The standard InChI is InChI=1S/C12H24N2O3.ClH/c1-8(2)11-6-9(4-5-17-11)14-12(15)10(13)7-16-3;/h8-11H,4-7,13H2,1-3H3,(H,14,15);1H. The smallest absolute Gasteiger partial charge is 0.239 e. The predicted octanol–water partition coefficient (Wildman–Crippen LogP) is 0.702. The van der Waals surface area contributed by atoms with Crippen LogP contribution in [0.5, 0.6) is 0 Å². The van der Waals surface area contributed by atoms with Crippen molar-refractivity contribution in [3.8, 4) is 0 Å². The highest BCUT2D eigenvalue weighted by molar-refractivity contribution is 5.85. The van der Waals surface area contributed by atoms with Gasteiger partial charge in [0.15, 0.2) is 0 Å². The molecule has 1 aliphatic rings. The minimum absolute atomic E-state index is 0. The van der Waals surface area contributed by atoms with Crippen LogP contribution >= 0.6 is 12.4 Å². The van der Waals surface area contributed by atoms with Crippen LogP contribution in [0.2, 0.25) is 0 Å². The molecule has 1 saturated heterocycles. The molecule has 1 heterocycles. The first-order valence-electron chi connectivity index (χ1n) is 6.21. The Morgan fingerprint density at radius 3 is 2.78 bits per heavy atom. The lowest BCUT2D eigenvalue weighted by molar-refractivity contribution is -0.125. The number of hydrogen-bond donors (Lipinski definition) is 2. The van der Waals surface area contributed by atoms with E-state index >= 15 is 0 Å². The van der Waals surface area contributed by atoms with Crippen LogP contribution in [0.4, 0.5) is 0 Å². The third-order valence-corrected chi connectivity index (χ3v) is 3.09. The van der Waals surface area contributed by atoms with Gasteiger partial charge in [0.25, 0.3) is 0 Å². The average molecular weight is 281 g/mol. The topological polar surface area (TPSA) is 73.6 Å². The molecule has 0 aromatic carbocycles. The van der Waals surface area contributed by atoms with E-state index in [1.807, 2.05) is 0 Å². The first-order valence-corrected chi connectivity index (χ1v) is 6.21. The third-order valence-electron chi connectivity index (χ3n) is 3.09. The SMILES string of the molecule is COCC(N)C(=O)NC1CCOC(C(C)C)C1.Cl. The molecule has 3 N–H and O–H groups in total. The van der Waals surface area contributed by atoms with Crippen LogP contribution in [0.15, 0.2) is 0 Å². The Morgan fingerprint density at radius 1 is 1.56 bits per heavy atom. The summed E-state index contributed by atoms with van der Waals surface area (Å²) in [5, 5.41) is 2.96. The minimum atomic E-state index is -0.583. The molecule has 1 amide bonds. The van der Waals surface area contributed by atoms with Gasteiger partial charge in [-0.25, -0.2) is 0 Å². The third kappa shape index (κ3) is 5.52. The maximum atomic E-state index is 11.7. The molecule has 3 unspecified atom stereocenters. The van der Waals surface area contributed by atoms with Crippen LogP contribution in [-0.2, 0) is 14.3 Å². The van der Waals surface area contributed by atoms with Crippen molar-refractivity contribution < 1.29 is 14.3 Å². The molecule has 0 aliphatic carbocycles. The molecule has 1 aliphatic heterocycles. The van der Waals surface area contributed by atoms with E-state index in [2.05, 4.69) is 19.2 Å². The molecule has 18 heavy (non-hydrogen) atoms. The summed E-state index contributed by atoms with van der Waals surface area (Å²) in [6.45, 7) is 5.22. The first-order chi connectivity index (χ1) is 8.04. The quantitative estimate of drug-likeness (QED) is 0.778. The fraction of sp³-hybridized carbons (Fsp3) is 0.917. The summed E-state index contributed by atoms with van der Waals surface area (Å²) >= 11 is 0. The van der Waals surface area contributed by atoms with Crippen molar-refractivity contribution in [1.29, 1.82) is 0 Å². The second kappa shape index (κ2) is 8.69. The summed E-state index contributed by atoms with van der Waals surface area (Å²) in [5.41, 5.74) is 5.67. The second-order valence-corrected chi connectivity index (χ2v) is 4.94. The molecule has 0 radical (unpaired) electrons. The zero-order valence-electron chi connectivity index (χ0n) is 11.3. The number of amides is 1. The highest BCUT2D eigenvalue weighted by Crippen LogP contribution is 2.20. The van der Waals surface area contributed by atoms with Crippen LogP contribution in [-0.4, -0.2) is 44.4 Å². The van der Waals surface area contributed by atoms with Crippen molar-refractivity contribution in [2.24, 2.45) is 11.7 Å². The Kier molecular flexibility index (Phi) is 8.52. The van der Waals surface area contributed by atoms with Gasteiger partial charge in [-0.1, -0.05) is 13.8 Å². The van der Waals surface area contributed by atoms with Crippen molar-refractivity contribution in [3.63, 3.8) is 0 Å². The lowest BCUT2D eigenvalue weighted by Gasteiger charge is -2.32. The molecule has 0 aromatic heterocycles. The van der Waals surface area contributed by atoms with E-state index in [-0.39, 0.29) is 37.1 Å². The van der Waals surface area contributed by atoms with Gasteiger partial charge in [-0.2, -0.15) is 0 Å². The molecule has 1 fully saturated rings. The lowest BCUT2D eigenvalue weighted by Crippen LogP contribution is -2.50. The summed E-state index contributed by atoms with van der Waals surface area (Å²) in [6, 6.07) is -0.410. The Balaban J connectivity index is 0.00000289. The van der Waals surface area contributed by atoms with Crippen LogP contribution < -0.4 is 11.1 Å². The molecule has 1 rings (SSSR count). The van der Waals surface area contributed by atoms with E-state index in [4.69, 9.17) is 15.2 Å². The van der Waals surface area contributed by atoms with Crippen molar-refractivity contribution in [2.45, 2.75) is 44.9 Å². The number of rotatable bonds is 5. The first kappa shape index (κ1) is 17.6. The number of nitrogens with one attached hydrogen (secondary N) is 1. The highest BCUT2D eigenvalue weighted by Gasteiger charge is 2.27. The minimum Gasteiger partial charge on any atom is -0.383 e. The molecule has 5 nitrogen and oxygen atoms in total. The number of ether oxygens (including phenoxy) is 2. The predicted molar refractivity (Wildman–Crippen MR) is 72.8 cm³/mol. The fourth-order valence-electron chi connectivity index (χ4n) is 1.99. The normalized spacial score (nSPS) is 25.4. The molecule has 108 valence electrons. The summed E-state index contributed by atoms with van der Waals surface area (Å²) in [7, 11) is 1.54. The van der Waals surface area contributed by atoms with Gasteiger partial charge in [0.2, 0.25) is 5.91 Å². The highest BCUT2D eigenvalue weighted by atomic mass is 35.5. The Morgan fingerprint density at radius 2 is 2.22 bits per heavy atom. The zero-order chi connectivity index (χ0) is 12.8. The Labute approximate surface area is 115 Å². The maximum Gasteiger partial charge on any atom is 0.239 e. The van der Waals surface area contributed by atoms with Gasteiger partial charge in [-0.3, -0.25) is 4.79 Å². The summed E-state index contributed by atoms with van der Waals surface area (Å²) in [4.78, 5) is 11.7. The van der Waals surface area contributed by atoms with E-state index in [9.17, 15) is 4.79 Å². The number of carbonyl (C=O) groups is 1. The van der Waals surface area contributed by atoms with Gasteiger partial charge in [0.1, 0.15) is 6.04 Å². The molecule has 3 atom stereocenters. The van der Waals surface area contributed by atoms with Gasteiger partial charge >= 0.3 is 0 Å². The molecule has 6 heteroatoms. The molecule has 0 bridgehead atoms. The fourth-order valence-corrected chi connectivity index (χ4v) is 1.99. The Hall–Kier alpha value is -0.360. The van der Waals surface area contributed by atoms with Crippen molar-refractivity contribution in [1.82, 2.24) is 5.32 Å². The summed E-state index contributed by atoms with van der Waals surface area (Å²) in [6.07, 6.45) is 1.95. The van der Waals surface area contributed by atoms with Gasteiger partial charge < -0.3 is 20.5 Å². The average Bonchev–Trinajstić information content (AvgIpc) is 2.29. The van der Waals surface area contributed by atoms with Crippen LogP contribution in [0.1, 0.15) is 26.7 Å². The molecule has 0 saturated carbocycles. The monoisotopic (exact) mass is 280 g/mol. The number of carbonyl (C=O) groups excluding carboxylic acids is 1. The summed E-state index contributed by atoms with van der Waals surface area (Å²) < 4.78 is 10.5. The molecule has 0 aromatic rings. The summed E-state index contributed by atoms with van der Waals surface area (Å²) in [5.74, 6) is 0.337. The van der Waals surface area contributed by atoms with Gasteiger partial charge in [0.05, 0.1) is 12.7 Å². The molecular weight excluding hydrogens is 256 g/mol. The van der Waals surface area contributed by atoms with E-state index in [0.717, 1.165) is 12.8 Å². The van der Waals surface area contributed by atoms with Gasteiger partial charge in [-0.15, -0.1) is 12.4 Å². The second-order valence-electron chi connectivity index (χ2n) is 4.94. The molecule has 0 spiro atoms. The molecular formula is C12H25ClN2O3. The van der Waals surface area contributed by atoms with Crippen LogP contribution in [0.3, 0.4) is 0 Å². The zero-order valence-corrected chi connectivity index (χ0v) is 12.2. The number of methoxy groups -OCH3 is 1. The van der Waals surface area contributed by atoms with E-state index in [1.54, 1.807) is 0 Å². The van der Waals surface area contributed by atoms with E-state index in [1.165, 1.54) is 7.11 Å². The van der Waals surface area contributed by atoms with E-state index < -0.39 is 6.04 Å². The van der Waals surface area contributed by atoms with Crippen LogP contribution in [0.25, 0.3) is 0 Å². The largest absolute Gasteiger partial charge is 0.383 e.